The lowest BCUT2D eigenvalue weighted by Gasteiger charge is -2.27. The van der Waals surface area contributed by atoms with Gasteiger partial charge in [0.15, 0.2) is 0 Å². The van der Waals surface area contributed by atoms with Gasteiger partial charge in [0.25, 0.3) is 5.56 Å². The van der Waals surface area contributed by atoms with Gasteiger partial charge in [-0.15, -0.1) is 0 Å². The summed E-state index contributed by atoms with van der Waals surface area (Å²) < 4.78 is 0.379. The van der Waals surface area contributed by atoms with E-state index in [1.807, 2.05) is 42.1 Å². The quantitative estimate of drug-likeness (QED) is 0.891. The van der Waals surface area contributed by atoms with Crippen molar-refractivity contribution in [2.45, 2.75) is 37.0 Å². The van der Waals surface area contributed by atoms with E-state index in [4.69, 9.17) is 0 Å². The van der Waals surface area contributed by atoms with Gasteiger partial charge in [-0.2, -0.15) is 11.8 Å². The second-order valence-corrected chi connectivity index (χ2v) is 7.18. The highest BCUT2D eigenvalue weighted by molar-refractivity contribution is 8.00. The zero-order chi connectivity index (χ0) is 14.7. The summed E-state index contributed by atoms with van der Waals surface area (Å²) in [5.41, 5.74) is 1.75. The van der Waals surface area contributed by atoms with Crippen LogP contribution in [0.4, 0.5) is 0 Å². The Kier molecular flexibility index (Phi) is 4.36. The Balaban J connectivity index is 1.70. The van der Waals surface area contributed by atoms with Gasteiger partial charge in [0, 0.05) is 28.9 Å². The van der Waals surface area contributed by atoms with E-state index in [1.54, 1.807) is 0 Å². The Morgan fingerprint density at radius 3 is 2.81 bits per heavy atom. The number of fused-ring (bicyclic) bond motifs is 1. The second-order valence-electron chi connectivity index (χ2n) is 5.91. The van der Waals surface area contributed by atoms with Gasteiger partial charge < -0.3 is 10.3 Å². The summed E-state index contributed by atoms with van der Waals surface area (Å²) in [7, 11) is 0. The maximum absolute atomic E-state index is 12.1. The average molecular weight is 302 g/mol. The third-order valence-corrected chi connectivity index (χ3v) is 5.96. The normalized spacial score (nSPS) is 17.4. The van der Waals surface area contributed by atoms with Crippen LogP contribution in [0.3, 0.4) is 0 Å². The number of aromatic amines is 1. The minimum Gasteiger partial charge on any atom is -0.322 e. The first-order chi connectivity index (χ1) is 10.2. The molecular weight excluding hydrogens is 280 g/mol. The Hall–Kier alpha value is -1.26. The van der Waals surface area contributed by atoms with Gasteiger partial charge in [-0.05, 0) is 36.6 Å². The van der Waals surface area contributed by atoms with Gasteiger partial charge in [0.05, 0.1) is 0 Å². The molecular formula is C17H22N2OS. The first-order valence-electron chi connectivity index (χ1n) is 7.59. The van der Waals surface area contributed by atoms with Crippen LogP contribution in [0.25, 0.3) is 10.9 Å². The second kappa shape index (κ2) is 6.24. The molecule has 1 heterocycles. The van der Waals surface area contributed by atoms with Crippen LogP contribution in [0.15, 0.2) is 35.1 Å². The highest BCUT2D eigenvalue weighted by Gasteiger charge is 2.32. The largest absolute Gasteiger partial charge is 0.322 e. The predicted octanol–water partition coefficient (Wildman–Crippen LogP) is 3.29. The van der Waals surface area contributed by atoms with Crippen LogP contribution in [-0.4, -0.2) is 22.5 Å². The Labute approximate surface area is 129 Å². The van der Waals surface area contributed by atoms with Crippen molar-refractivity contribution < 1.29 is 0 Å². The zero-order valence-corrected chi connectivity index (χ0v) is 13.3. The molecule has 1 saturated carbocycles. The van der Waals surface area contributed by atoms with E-state index < -0.39 is 0 Å². The van der Waals surface area contributed by atoms with E-state index in [0.29, 0.717) is 11.3 Å². The first-order valence-corrected chi connectivity index (χ1v) is 8.82. The number of nitrogens with one attached hydrogen (secondary N) is 2. The van der Waals surface area contributed by atoms with Crippen molar-refractivity contribution in [2.24, 2.45) is 0 Å². The molecule has 0 atom stereocenters. The molecule has 2 aromatic rings. The lowest BCUT2D eigenvalue weighted by Crippen LogP contribution is -2.35. The standard InChI is InChI=1S/C17H22N2OS/c1-21-17(8-4-5-9-17)12-18-11-14-10-13-6-2-3-7-15(13)19-16(14)20/h2-3,6-7,10,18H,4-5,8-9,11-12H2,1H3,(H,19,20). The maximum Gasteiger partial charge on any atom is 0.252 e. The molecule has 2 N–H and O–H groups in total. The van der Waals surface area contributed by atoms with E-state index >= 15 is 0 Å². The number of pyridine rings is 1. The maximum atomic E-state index is 12.1. The van der Waals surface area contributed by atoms with Gasteiger partial charge >= 0.3 is 0 Å². The van der Waals surface area contributed by atoms with Crippen LogP contribution in [0, 0.1) is 0 Å². The summed E-state index contributed by atoms with van der Waals surface area (Å²) in [5.74, 6) is 0. The van der Waals surface area contributed by atoms with E-state index in [1.165, 1.54) is 25.7 Å². The van der Waals surface area contributed by atoms with Crippen LogP contribution in [0.2, 0.25) is 0 Å². The molecule has 1 fully saturated rings. The molecule has 0 saturated heterocycles. The Bertz CT molecular complexity index is 674. The molecule has 1 aromatic carbocycles. The predicted molar refractivity (Wildman–Crippen MR) is 91.0 cm³/mol. The number of rotatable bonds is 5. The highest BCUT2D eigenvalue weighted by Crippen LogP contribution is 2.39. The number of benzene rings is 1. The van der Waals surface area contributed by atoms with E-state index in [-0.39, 0.29) is 5.56 Å². The number of hydrogen-bond donors (Lipinski definition) is 2. The van der Waals surface area contributed by atoms with Gasteiger partial charge in [0.2, 0.25) is 0 Å². The summed E-state index contributed by atoms with van der Waals surface area (Å²) in [6.07, 6.45) is 7.44. The van der Waals surface area contributed by atoms with Gasteiger partial charge in [-0.3, -0.25) is 4.79 Å². The molecule has 1 aromatic heterocycles. The Morgan fingerprint density at radius 2 is 2.05 bits per heavy atom. The van der Waals surface area contributed by atoms with Crippen LogP contribution in [0.5, 0.6) is 0 Å². The molecule has 21 heavy (non-hydrogen) atoms. The lowest BCUT2D eigenvalue weighted by atomic mass is 10.1. The molecule has 112 valence electrons. The number of H-pyrrole nitrogens is 1. The fourth-order valence-electron chi connectivity index (χ4n) is 3.22. The van der Waals surface area contributed by atoms with Crippen molar-refractivity contribution in [3.63, 3.8) is 0 Å². The molecule has 0 bridgehead atoms. The fourth-order valence-corrected chi connectivity index (χ4v) is 4.16. The molecule has 3 rings (SSSR count). The lowest BCUT2D eigenvalue weighted by molar-refractivity contribution is 0.532. The number of aromatic nitrogens is 1. The molecule has 0 radical (unpaired) electrons. The molecule has 0 amide bonds. The van der Waals surface area contributed by atoms with E-state index in [0.717, 1.165) is 23.0 Å². The van der Waals surface area contributed by atoms with Crippen LogP contribution in [-0.2, 0) is 6.54 Å². The Morgan fingerprint density at radius 1 is 1.29 bits per heavy atom. The van der Waals surface area contributed by atoms with Gasteiger partial charge in [-0.25, -0.2) is 0 Å². The molecule has 0 spiro atoms. The topological polar surface area (TPSA) is 44.9 Å². The number of hydrogen-bond acceptors (Lipinski definition) is 3. The summed E-state index contributed by atoms with van der Waals surface area (Å²) >= 11 is 1.97. The molecule has 1 aliphatic carbocycles. The molecule has 1 aliphatic rings. The van der Waals surface area contributed by atoms with Gasteiger partial charge in [0.1, 0.15) is 0 Å². The third-order valence-electron chi connectivity index (χ3n) is 4.54. The summed E-state index contributed by atoms with van der Waals surface area (Å²) in [6.45, 7) is 1.63. The van der Waals surface area contributed by atoms with Crippen molar-refractivity contribution in [3.05, 3.63) is 46.2 Å². The first kappa shape index (κ1) is 14.7. The van der Waals surface area contributed by atoms with Crippen molar-refractivity contribution >= 4 is 22.7 Å². The molecule has 4 heteroatoms. The SMILES string of the molecule is CSC1(CNCc2cc3ccccc3[nH]c2=O)CCCC1. The van der Waals surface area contributed by atoms with Crippen LogP contribution >= 0.6 is 11.8 Å². The monoisotopic (exact) mass is 302 g/mol. The number of para-hydroxylation sites is 1. The summed E-state index contributed by atoms with van der Waals surface area (Å²) in [4.78, 5) is 15.1. The van der Waals surface area contributed by atoms with Crippen molar-refractivity contribution in [1.82, 2.24) is 10.3 Å². The smallest absolute Gasteiger partial charge is 0.252 e. The van der Waals surface area contributed by atoms with Crippen LogP contribution < -0.4 is 10.9 Å². The van der Waals surface area contributed by atoms with Crippen molar-refractivity contribution in [2.75, 3.05) is 12.8 Å². The average Bonchev–Trinajstić information content (AvgIpc) is 2.97. The number of thioether (sulfide) groups is 1. The zero-order valence-electron chi connectivity index (χ0n) is 12.4. The van der Waals surface area contributed by atoms with E-state index in [2.05, 4.69) is 16.6 Å². The van der Waals surface area contributed by atoms with Crippen molar-refractivity contribution in [1.29, 1.82) is 0 Å². The molecule has 0 unspecified atom stereocenters. The van der Waals surface area contributed by atoms with Crippen molar-refractivity contribution in [3.8, 4) is 0 Å². The minimum atomic E-state index is 0.0193. The summed E-state index contributed by atoms with van der Waals surface area (Å²) in [6, 6.07) is 9.92. The summed E-state index contributed by atoms with van der Waals surface area (Å²) in [5, 5.41) is 4.59. The van der Waals surface area contributed by atoms with E-state index in [9.17, 15) is 4.79 Å². The molecule has 3 nitrogen and oxygen atoms in total. The highest BCUT2D eigenvalue weighted by atomic mass is 32.2. The van der Waals surface area contributed by atoms with Gasteiger partial charge in [-0.1, -0.05) is 31.0 Å². The molecule has 0 aliphatic heterocycles. The van der Waals surface area contributed by atoms with Crippen LogP contribution in [0.1, 0.15) is 31.2 Å². The fraction of sp³-hybridized carbons (Fsp3) is 0.471. The minimum absolute atomic E-state index is 0.0193. The third kappa shape index (κ3) is 3.16.